The number of fused-ring (bicyclic) bond motifs is 3. The van der Waals surface area contributed by atoms with E-state index in [-0.39, 0.29) is 42.1 Å². The van der Waals surface area contributed by atoms with E-state index < -0.39 is 111 Å². The van der Waals surface area contributed by atoms with Crippen molar-refractivity contribution in [1.82, 2.24) is 14.6 Å². The van der Waals surface area contributed by atoms with Crippen LogP contribution in [-0.4, -0.2) is 89.9 Å². The number of carbonyl (C=O) groups is 4. The van der Waals surface area contributed by atoms with Gasteiger partial charge >= 0.3 is 5.97 Å². The van der Waals surface area contributed by atoms with Crippen LogP contribution in [0.2, 0.25) is 5.02 Å². The monoisotopic (exact) mass is 899 g/mol. The van der Waals surface area contributed by atoms with Gasteiger partial charge in [-0.15, -0.1) is 0 Å². The Balaban J connectivity index is 1.37. The highest BCUT2D eigenvalue weighted by Gasteiger charge is 2.63. The average Bonchev–Trinajstić information content (AvgIpc) is 4.04. The molecule has 3 heterocycles. The van der Waals surface area contributed by atoms with E-state index in [1.165, 1.54) is 11.0 Å². The number of ketones is 1. The highest BCUT2D eigenvalue weighted by molar-refractivity contribution is 7.91. The van der Waals surface area contributed by atoms with Crippen molar-refractivity contribution < 1.29 is 59.4 Å². The van der Waals surface area contributed by atoms with E-state index >= 15 is 0 Å². The molecule has 18 heteroatoms. The summed E-state index contributed by atoms with van der Waals surface area (Å²) in [7, 11) is -4.07. The predicted molar refractivity (Wildman–Crippen MR) is 218 cm³/mol. The molecular weight excluding hydrogens is 846 g/mol. The number of ether oxygens (including phenoxy) is 3. The molecule has 12 nitrogen and oxygen atoms in total. The third-order valence-corrected chi connectivity index (χ3v) is 15.5. The number of allylic oxidation sites excluding steroid dienone is 2. The van der Waals surface area contributed by atoms with Gasteiger partial charge in [-0.2, -0.15) is 4.98 Å². The van der Waals surface area contributed by atoms with Gasteiger partial charge in [0.1, 0.15) is 6.10 Å². The van der Waals surface area contributed by atoms with Gasteiger partial charge in [-0.05, 0) is 89.2 Å². The van der Waals surface area contributed by atoms with Gasteiger partial charge < -0.3 is 19.1 Å². The Morgan fingerprint density at radius 2 is 1.80 bits per heavy atom. The third kappa shape index (κ3) is 10.1. The van der Waals surface area contributed by atoms with Crippen molar-refractivity contribution in [2.24, 2.45) is 29.1 Å². The molecule has 3 fully saturated rings. The molecule has 2 aromatic rings. The molecule has 1 aromatic carbocycles. The molecular formula is C43H54ClF4N3O9S. The average molecular weight is 900 g/mol. The molecule has 61 heavy (non-hydrogen) atoms. The summed E-state index contributed by atoms with van der Waals surface area (Å²) in [6.07, 6.45) is 1.48. The first-order valence-electron chi connectivity index (χ1n) is 20.7. The quantitative estimate of drug-likeness (QED) is 0.126. The minimum Gasteiger partial charge on any atom is -0.472 e. The van der Waals surface area contributed by atoms with E-state index in [1.54, 1.807) is 32.0 Å². The number of sulfonamides is 1. The number of hydrogen-bond donors (Lipinski definition) is 1. The van der Waals surface area contributed by atoms with Crippen LogP contribution in [0.5, 0.6) is 11.8 Å². The summed E-state index contributed by atoms with van der Waals surface area (Å²) in [6.45, 7) is 6.88. The van der Waals surface area contributed by atoms with E-state index in [0.717, 1.165) is 13.8 Å². The van der Waals surface area contributed by atoms with Gasteiger partial charge in [-0.3, -0.25) is 23.9 Å². The predicted octanol–water partition coefficient (Wildman–Crippen LogP) is 7.84. The summed E-state index contributed by atoms with van der Waals surface area (Å²) < 4.78 is 99.8. The maximum Gasteiger partial charge on any atom is 0.307 e. The van der Waals surface area contributed by atoms with Gasteiger partial charge in [0.15, 0.2) is 18.0 Å². The Kier molecular flexibility index (Phi) is 13.2. The zero-order valence-electron chi connectivity index (χ0n) is 35.2. The first-order valence-corrected chi connectivity index (χ1v) is 22.6. The Morgan fingerprint density at radius 3 is 2.46 bits per heavy atom. The number of amides is 2. The van der Waals surface area contributed by atoms with Gasteiger partial charge in [0, 0.05) is 41.6 Å². The van der Waals surface area contributed by atoms with Crippen LogP contribution < -0.4 is 14.2 Å². The molecule has 1 saturated heterocycles. The molecule has 0 bridgehead atoms. The molecule has 0 unspecified atom stereocenters. The lowest BCUT2D eigenvalue weighted by atomic mass is 9.82. The van der Waals surface area contributed by atoms with E-state index in [9.17, 15) is 45.2 Å². The molecule has 0 radical (unpaired) electrons. The minimum absolute atomic E-state index is 0.0158. The van der Waals surface area contributed by atoms with Crippen molar-refractivity contribution in [3.05, 3.63) is 41.4 Å². The molecule has 2 aliphatic heterocycles. The second-order valence-electron chi connectivity index (χ2n) is 18.3. The summed E-state index contributed by atoms with van der Waals surface area (Å²) in [5.41, 5.74) is -3.63. The molecule has 6 rings (SSSR count). The number of carbonyl (C=O) groups excluding carboxylic acids is 4. The number of alkyl halides is 4. The number of esters is 1. The van der Waals surface area contributed by atoms with Crippen LogP contribution in [0.15, 0.2) is 36.4 Å². The van der Waals surface area contributed by atoms with Crippen LogP contribution in [0.25, 0.3) is 10.8 Å². The molecule has 0 spiro atoms. The fourth-order valence-electron chi connectivity index (χ4n) is 8.34. The van der Waals surface area contributed by atoms with Gasteiger partial charge in [0.25, 0.3) is 12.3 Å². The fourth-order valence-corrected chi connectivity index (χ4v) is 9.90. The van der Waals surface area contributed by atoms with Crippen molar-refractivity contribution in [2.45, 2.75) is 134 Å². The number of nitrogens with one attached hydrogen (secondary N) is 1. The molecule has 2 saturated carbocycles. The largest absolute Gasteiger partial charge is 0.472 e. The van der Waals surface area contributed by atoms with Crippen molar-refractivity contribution in [3.63, 3.8) is 0 Å². The number of Topliss-reactive ketones (excluding diaryl/α,β-unsaturated/α-hetero) is 1. The summed E-state index contributed by atoms with van der Waals surface area (Å²) in [5, 5.41) is 0.995. The van der Waals surface area contributed by atoms with Crippen molar-refractivity contribution in [2.75, 3.05) is 13.2 Å². The van der Waals surface area contributed by atoms with Crippen LogP contribution in [0.4, 0.5) is 17.6 Å². The number of nitrogens with zero attached hydrogens (tertiary/aromatic N) is 2. The third-order valence-electron chi connectivity index (χ3n) is 13.0. The van der Waals surface area contributed by atoms with E-state index in [0.29, 0.717) is 49.8 Å². The summed E-state index contributed by atoms with van der Waals surface area (Å²) >= 11 is 6.48. The Morgan fingerprint density at radius 1 is 1.10 bits per heavy atom. The zero-order valence-corrected chi connectivity index (χ0v) is 36.7. The van der Waals surface area contributed by atoms with Crippen molar-refractivity contribution >= 4 is 56.0 Å². The molecule has 7 atom stereocenters. The second kappa shape index (κ2) is 17.3. The Bertz CT molecular complexity index is 2180. The number of benzene rings is 1. The smallest absolute Gasteiger partial charge is 0.307 e. The van der Waals surface area contributed by atoms with Crippen LogP contribution in [-0.2, 0) is 33.9 Å². The van der Waals surface area contributed by atoms with E-state index in [4.69, 9.17) is 25.8 Å². The number of aromatic nitrogens is 1. The van der Waals surface area contributed by atoms with Crippen molar-refractivity contribution in [1.29, 1.82) is 0 Å². The van der Waals surface area contributed by atoms with Gasteiger partial charge in [-0.25, -0.2) is 26.0 Å². The molecule has 2 amide bonds. The van der Waals surface area contributed by atoms with Crippen LogP contribution >= 0.6 is 11.6 Å². The van der Waals surface area contributed by atoms with E-state index in [1.807, 2.05) is 19.1 Å². The number of hydrogen-bond acceptors (Lipinski definition) is 10. The lowest BCUT2D eigenvalue weighted by Gasteiger charge is -2.34. The summed E-state index contributed by atoms with van der Waals surface area (Å²) in [5.74, 6) is -8.82. The lowest BCUT2D eigenvalue weighted by molar-refractivity contribution is -0.197. The van der Waals surface area contributed by atoms with Gasteiger partial charge in [0.05, 0.1) is 35.1 Å². The van der Waals surface area contributed by atoms with Gasteiger partial charge in [0.2, 0.25) is 33.6 Å². The molecule has 1 aromatic heterocycles. The Labute approximate surface area is 358 Å². The molecule has 336 valence electrons. The maximum atomic E-state index is 15.0. The topological polar surface area (TPSA) is 158 Å². The van der Waals surface area contributed by atoms with Crippen LogP contribution in [0.1, 0.15) is 99.3 Å². The SMILES string of the molecule is C[C@H]1CC/C=C\[C@@H]2C[C@@]2(C(=O)NS(=O)(=O)C2(C)CC2)CC(=O)[C@@H]2C[C@@H](Oc3nc(OCC(F)F)cc4c(Cl)cccc34)CN2C(=O)[C@@H](CC(=O)OC(C)(C)C(C)(F)F)[C@H](C)C1. The van der Waals surface area contributed by atoms with Crippen LogP contribution in [0.3, 0.4) is 0 Å². The number of pyridine rings is 1. The Hall–Kier alpha value is -3.99. The first kappa shape index (κ1) is 46.5. The second-order valence-corrected chi connectivity index (χ2v) is 20.9. The standard InChI is InChI=1S/C43H54ClF4N3O9S/c1-24-10-7-8-11-26-20-43(26,39(55)50-61(56,57)41(5)14-15-41)21-33(52)32-17-27(59-37-28-12-9-13-31(44)30(28)18-35(49-37)58-23-34(45)46)22-51(32)38(54)29(25(2)16-24)19-36(53)60-40(3,4)42(6,47)48/h8-9,11-13,18,24-27,29,32,34H,7,10,14-17,19-23H2,1-6H3,(H,50,55)/b11-8-/t24-,25+,26+,27+,29-,32-,43+/m0/s1. The number of halogens is 5. The van der Waals surface area contributed by atoms with Gasteiger partial charge in [-0.1, -0.05) is 43.7 Å². The highest BCUT2D eigenvalue weighted by Crippen LogP contribution is 2.58. The lowest BCUT2D eigenvalue weighted by Crippen LogP contribution is -2.49. The number of rotatable bonds is 12. The fraction of sp³-hybridized carbons (Fsp3) is 0.651. The maximum absolute atomic E-state index is 15.0. The summed E-state index contributed by atoms with van der Waals surface area (Å²) in [6, 6.07) is 4.97. The normalized spacial score (nSPS) is 28.9. The zero-order chi connectivity index (χ0) is 44.9. The van der Waals surface area contributed by atoms with Crippen LogP contribution in [0, 0.1) is 29.1 Å². The minimum atomic E-state index is -4.07. The van der Waals surface area contributed by atoms with Crippen molar-refractivity contribution in [3.8, 4) is 11.8 Å². The molecule has 4 aliphatic rings. The molecule has 1 N–H and O–H groups in total. The highest BCUT2D eigenvalue weighted by atomic mass is 35.5. The van der Waals surface area contributed by atoms with E-state index in [2.05, 4.69) is 9.71 Å². The molecule has 2 aliphatic carbocycles. The summed E-state index contributed by atoms with van der Waals surface area (Å²) in [4.78, 5) is 62.8. The first-order chi connectivity index (χ1) is 28.4.